The number of carbonyl (C=O) groups excluding carboxylic acids is 1. The van der Waals surface area contributed by atoms with Gasteiger partial charge in [-0.3, -0.25) is 4.79 Å². The number of carbonyl (C=O) groups is 1. The first-order valence-corrected chi connectivity index (χ1v) is 11.0. The van der Waals surface area contributed by atoms with Crippen molar-refractivity contribution in [2.75, 3.05) is 20.8 Å². The molecule has 0 saturated heterocycles. The fourth-order valence-corrected chi connectivity index (χ4v) is 3.36. The molecule has 33 heavy (non-hydrogen) atoms. The van der Waals surface area contributed by atoms with Crippen LogP contribution in [0.4, 0.5) is 0 Å². The van der Waals surface area contributed by atoms with E-state index in [0.29, 0.717) is 23.7 Å². The Labute approximate surface area is 196 Å². The maximum Gasteiger partial charge on any atom is 0.185 e. The predicted molar refractivity (Wildman–Crippen MR) is 135 cm³/mol. The fraction of sp³-hybridized carbons (Fsp3) is 0.207. The number of rotatable bonds is 10. The Morgan fingerprint density at radius 1 is 0.879 bits per heavy atom. The highest BCUT2D eigenvalue weighted by atomic mass is 16.5. The first-order chi connectivity index (χ1) is 16.0. The molecule has 0 N–H and O–H groups in total. The topological polar surface area (TPSA) is 44.8 Å². The minimum Gasteiger partial charge on any atom is -0.497 e. The van der Waals surface area contributed by atoms with E-state index in [-0.39, 0.29) is 5.78 Å². The molecule has 0 bridgehead atoms. The van der Waals surface area contributed by atoms with Crippen molar-refractivity contribution in [2.24, 2.45) is 0 Å². The lowest BCUT2D eigenvalue weighted by atomic mass is 10.0. The third-order valence-electron chi connectivity index (χ3n) is 5.12. The van der Waals surface area contributed by atoms with E-state index in [1.165, 1.54) is 0 Å². The van der Waals surface area contributed by atoms with Gasteiger partial charge in [0.05, 0.1) is 20.8 Å². The molecule has 0 saturated carbocycles. The van der Waals surface area contributed by atoms with E-state index >= 15 is 0 Å². The Balaban J connectivity index is 1.91. The molecule has 0 radical (unpaired) electrons. The second-order valence-corrected chi connectivity index (χ2v) is 7.65. The summed E-state index contributed by atoms with van der Waals surface area (Å²) in [5, 5.41) is 0. The Morgan fingerprint density at radius 3 is 2.33 bits per heavy atom. The zero-order chi connectivity index (χ0) is 23.6. The van der Waals surface area contributed by atoms with Crippen molar-refractivity contribution in [3.05, 3.63) is 94.6 Å². The van der Waals surface area contributed by atoms with Gasteiger partial charge in [-0.15, -0.1) is 0 Å². The van der Waals surface area contributed by atoms with E-state index in [0.717, 1.165) is 34.4 Å². The summed E-state index contributed by atoms with van der Waals surface area (Å²) in [5.41, 5.74) is 4.42. The van der Waals surface area contributed by atoms with Gasteiger partial charge in [-0.1, -0.05) is 55.0 Å². The molecule has 3 aromatic rings. The largest absolute Gasteiger partial charge is 0.497 e. The molecular formula is C29H30O4. The van der Waals surface area contributed by atoms with Crippen molar-refractivity contribution in [1.29, 1.82) is 0 Å². The van der Waals surface area contributed by atoms with E-state index in [9.17, 15) is 4.79 Å². The van der Waals surface area contributed by atoms with Crippen LogP contribution in [0.5, 0.6) is 17.2 Å². The Kier molecular flexibility index (Phi) is 8.48. The van der Waals surface area contributed by atoms with Gasteiger partial charge in [-0.05, 0) is 60.9 Å². The lowest BCUT2D eigenvalue weighted by molar-refractivity contribution is 0.104. The van der Waals surface area contributed by atoms with E-state index in [1.807, 2.05) is 79.7 Å². The number of hydrogen-bond acceptors (Lipinski definition) is 4. The fourth-order valence-electron chi connectivity index (χ4n) is 3.36. The third-order valence-corrected chi connectivity index (χ3v) is 5.12. The van der Waals surface area contributed by atoms with Crippen molar-refractivity contribution in [3.63, 3.8) is 0 Å². The van der Waals surface area contributed by atoms with Crippen molar-refractivity contribution < 1.29 is 19.0 Å². The summed E-state index contributed by atoms with van der Waals surface area (Å²) in [7, 11) is 3.23. The predicted octanol–water partition coefficient (Wildman–Crippen LogP) is 6.87. The zero-order valence-electron chi connectivity index (χ0n) is 19.6. The van der Waals surface area contributed by atoms with Crippen molar-refractivity contribution in [2.45, 2.75) is 20.3 Å². The summed E-state index contributed by atoms with van der Waals surface area (Å²) in [6, 6.07) is 19.2. The second-order valence-electron chi connectivity index (χ2n) is 7.65. The number of aryl methyl sites for hydroxylation is 1. The lowest BCUT2D eigenvalue weighted by Gasteiger charge is -2.12. The Morgan fingerprint density at radius 2 is 1.67 bits per heavy atom. The van der Waals surface area contributed by atoms with E-state index < -0.39 is 0 Å². The molecule has 0 unspecified atom stereocenters. The van der Waals surface area contributed by atoms with Gasteiger partial charge in [0, 0.05) is 17.2 Å². The minimum absolute atomic E-state index is 0.0610. The second kappa shape index (κ2) is 11.7. The monoisotopic (exact) mass is 442 g/mol. The zero-order valence-corrected chi connectivity index (χ0v) is 19.6. The van der Waals surface area contributed by atoms with E-state index in [2.05, 4.69) is 6.92 Å². The van der Waals surface area contributed by atoms with E-state index in [1.54, 1.807) is 26.4 Å². The maximum atomic E-state index is 12.7. The normalized spacial score (nSPS) is 11.2. The average Bonchev–Trinajstić information content (AvgIpc) is 2.85. The van der Waals surface area contributed by atoms with E-state index in [4.69, 9.17) is 14.2 Å². The molecular weight excluding hydrogens is 412 g/mol. The molecule has 170 valence electrons. The Bertz CT molecular complexity index is 1140. The molecule has 0 spiro atoms. The molecule has 0 heterocycles. The molecule has 0 aliphatic rings. The molecule has 0 aromatic heterocycles. The number of allylic oxidation sites excluding steroid dienone is 1. The molecule has 0 fully saturated rings. The third kappa shape index (κ3) is 6.59. The van der Waals surface area contributed by atoms with Gasteiger partial charge in [0.1, 0.15) is 17.2 Å². The van der Waals surface area contributed by atoms with Gasteiger partial charge in [0.15, 0.2) is 5.78 Å². The van der Waals surface area contributed by atoms with Gasteiger partial charge in [-0.2, -0.15) is 0 Å². The maximum absolute atomic E-state index is 12.7. The summed E-state index contributed by atoms with van der Waals surface area (Å²) in [4.78, 5) is 12.7. The van der Waals surface area contributed by atoms with Crippen LogP contribution in [0, 0.1) is 6.92 Å². The SMILES string of the molecule is CCCOc1ccc(/C=C/c2cc(OC)cc(OC)c2/C=C/C(=O)c2cccc(C)c2)cc1. The van der Waals surface area contributed by atoms with Crippen LogP contribution in [0.2, 0.25) is 0 Å². The van der Waals surface area contributed by atoms with Gasteiger partial charge >= 0.3 is 0 Å². The molecule has 4 heteroatoms. The molecule has 0 atom stereocenters. The lowest BCUT2D eigenvalue weighted by Crippen LogP contribution is -1.96. The molecule has 4 nitrogen and oxygen atoms in total. The molecule has 0 aliphatic carbocycles. The van der Waals surface area contributed by atoms with Crippen LogP contribution in [-0.2, 0) is 0 Å². The van der Waals surface area contributed by atoms with Gasteiger partial charge in [0.25, 0.3) is 0 Å². The smallest absolute Gasteiger partial charge is 0.185 e. The van der Waals surface area contributed by atoms with Crippen LogP contribution < -0.4 is 14.2 Å². The molecule has 3 aromatic carbocycles. The first-order valence-electron chi connectivity index (χ1n) is 11.0. The standard InChI is InChI=1S/C29H30O4/c1-5-17-33-25-13-10-22(11-14-25)9-12-23-19-26(31-3)20-29(32-4)27(23)15-16-28(30)24-8-6-7-21(2)18-24/h6-16,18-20H,5,17H2,1-4H3/b12-9+,16-15+. The minimum atomic E-state index is -0.0610. The highest BCUT2D eigenvalue weighted by molar-refractivity contribution is 6.07. The average molecular weight is 443 g/mol. The Hall–Kier alpha value is -3.79. The summed E-state index contributed by atoms with van der Waals surface area (Å²) < 4.78 is 16.7. The highest BCUT2D eigenvalue weighted by Gasteiger charge is 2.10. The molecule has 0 aliphatic heterocycles. The van der Waals surface area contributed by atoms with Crippen molar-refractivity contribution in [1.82, 2.24) is 0 Å². The summed E-state index contributed by atoms with van der Waals surface area (Å²) in [6.07, 6.45) is 8.35. The van der Waals surface area contributed by atoms with Crippen LogP contribution in [0.1, 0.15) is 46.0 Å². The number of methoxy groups -OCH3 is 2. The summed E-state index contributed by atoms with van der Waals surface area (Å²) in [5.74, 6) is 2.10. The van der Waals surface area contributed by atoms with Crippen LogP contribution in [-0.4, -0.2) is 26.6 Å². The molecule has 0 amide bonds. The van der Waals surface area contributed by atoms with Crippen LogP contribution >= 0.6 is 0 Å². The van der Waals surface area contributed by atoms with Crippen LogP contribution in [0.15, 0.2) is 66.7 Å². The van der Waals surface area contributed by atoms with Crippen LogP contribution in [0.25, 0.3) is 18.2 Å². The first kappa shape index (κ1) is 23.9. The summed E-state index contributed by atoms with van der Waals surface area (Å²) in [6.45, 7) is 4.76. The van der Waals surface area contributed by atoms with Gasteiger partial charge in [0.2, 0.25) is 0 Å². The van der Waals surface area contributed by atoms with Crippen molar-refractivity contribution >= 4 is 24.0 Å². The van der Waals surface area contributed by atoms with Gasteiger partial charge in [-0.25, -0.2) is 0 Å². The van der Waals surface area contributed by atoms with Crippen molar-refractivity contribution in [3.8, 4) is 17.2 Å². The number of hydrogen-bond donors (Lipinski definition) is 0. The number of benzene rings is 3. The molecule has 3 rings (SSSR count). The summed E-state index contributed by atoms with van der Waals surface area (Å²) >= 11 is 0. The van der Waals surface area contributed by atoms with Crippen LogP contribution in [0.3, 0.4) is 0 Å². The van der Waals surface area contributed by atoms with Gasteiger partial charge < -0.3 is 14.2 Å². The quantitative estimate of drug-likeness (QED) is 0.195. The number of ketones is 1. The highest BCUT2D eigenvalue weighted by Crippen LogP contribution is 2.31. The number of ether oxygens (including phenoxy) is 3.